The number of anilines is 1. The quantitative estimate of drug-likeness (QED) is 0.802. The van der Waals surface area contributed by atoms with Crippen LogP contribution in [0.5, 0.6) is 11.5 Å². The molecule has 4 nitrogen and oxygen atoms in total. The Morgan fingerprint density at radius 1 is 1.00 bits per heavy atom. The van der Waals surface area contributed by atoms with E-state index < -0.39 is 0 Å². The number of hydrogen-bond acceptors (Lipinski definition) is 3. The Bertz CT molecular complexity index is 703. The second-order valence-corrected chi connectivity index (χ2v) is 6.21. The fourth-order valence-corrected chi connectivity index (χ4v) is 2.78. The standard InChI is InChI=1S/C15H11Br2NO3/c16-9-1-3-12(17)11(7-9)15(19)18-10-2-4-13-14(8-10)21-6-5-20-13/h1-4,7-8H,5-6H2,(H,18,19). The lowest BCUT2D eigenvalue weighted by Gasteiger charge is -2.19. The highest BCUT2D eigenvalue weighted by Crippen LogP contribution is 2.33. The van der Waals surface area contributed by atoms with Crippen LogP contribution in [0.15, 0.2) is 45.3 Å². The smallest absolute Gasteiger partial charge is 0.256 e. The Morgan fingerprint density at radius 3 is 2.57 bits per heavy atom. The minimum Gasteiger partial charge on any atom is -0.486 e. The van der Waals surface area contributed by atoms with Crippen molar-refractivity contribution in [1.29, 1.82) is 0 Å². The van der Waals surface area contributed by atoms with Gasteiger partial charge in [0.05, 0.1) is 5.56 Å². The fraction of sp³-hybridized carbons (Fsp3) is 0.133. The molecule has 0 unspecified atom stereocenters. The molecule has 0 saturated heterocycles. The summed E-state index contributed by atoms with van der Waals surface area (Å²) < 4.78 is 12.5. The van der Waals surface area contributed by atoms with E-state index in [1.807, 2.05) is 12.1 Å². The molecule has 0 fully saturated rings. The van der Waals surface area contributed by atoms with Gasteiger partial charge in [-0.2, -0.15) is 0 Å². The number of benzene rings is 2. The molecular formula is C15H11Br2NO3. The maximum Gasteiger partial charge on any atom is 0.256 e. The number of ether oxygens (including phenoxy) is 2. The van der Waals surface area contributed by atoms with Crippen LogP contribution in [0.3, 0.4) is 0 Å². The number of carbonyl (C=O) groups excluding carboxylic acids is 1. The topological polar surface area (TPSA) is 47.6 Å². The van der Waals surface area contributed by atoms with Gasteiger partial charge in [0.2, 0.25) is 0 Å². The maximum absolute atomic E-state index is 12.3. The largest absolute Gasteiger partial charge is 0.486 e. The highest BCUT2D eigenvalue weighted by atomic mass is 79.9. The molecule has 0 aromatic heterocycles. The molecule has 0 spiro atoms. The molecule has 108 valence electrons. The van der Waals surface area contributed by atoms with Crippen LogP contribution in [-0.2, 0) is 0 Å². The fourth-order valence-electron chi connectivity index (χ4n) is 1.99. The Labute approximate surface area is 138 Å². The average molecular weight is 413 g/mol. The number of nitrogens with one attached hydrogen (secondary N) is 1. The van der Waals surface area contributed by atoms with E-state index in [9.17, 15) is 4.79 Å². The molecule has 3 rings (SSSR count). The summed E-state index contributed by atoms with van der Waals surface area (Å²) in [5, 5.41) is 2.85. The summed E-state index contributed by atoms with van der Waals surface area (Å²) in [6.45, 7) is 1.06. The zero-order valence-electron chi connectivity index (χ0n) is 10.9. The second kappa shape index (κ2) is 6.07. The predicted molar refractivity (Wildman–Crippen MR) is 87.2 cm³/mol. The number of fused-ring (bicyclic) bond motifs is 1. The van der Waals surface area contributed by atoms with Crippen molar-refractivity contribution < 1.29 is 14.3 Å². The van der Waals surface area contributed by atoms with Crippen LogP contribution in [-0.4, -0.2) is 19.1 Å². The Morgan fingerprint density at radius 2 is 1.76 bits per heavy atom. The molecule has 1 aliphatic rings. The van der Waals surface area contributed by atoms with E-state index in [-0.39, 0.29) is 5.91 Å². The van der Waals surface area contributed by atoms with E-state index in [0.717, 1.165) is 8.95 Å². The zero-order valence-corrected chi connectivity index (χ0v) is 14.0. The van der Waals surface area contributed by atoms with Gasteiger partial charge in [0.1, 0.15) is 13.2 Å². The first-order chi connectivity index (χ1) is 10.1. The van der Waals surface area contributed by atoms with Crippen LogP contribution in [0.4, 0.5) is 5.69 Å². The maximum atomic E-state index is 12.3. The van der Waals surface area contributed by atoms with E-state index in [1.54, 1.807) is 24.3 Å². The molecule has 0 radical (unpaired) electrons. The molecule has 0 saturated carbocycles. The van der Waals surface area contributed by atoms with Crippen molar-refractivity contribution >= 4 is 43.5 Å². The lowest BCUT2D eigenvalue weighted by molar-refractivity contribution is 0.102. The third-order valence-corrected chi connectivity index (χ3v) is 4.16. The SMILES string of the molecule is O=C(Nc1ccc2c(c1)OCCO2)c1cc(Br)ccc1Br. The third kappa shape index (κ3) is 3.22. The third-order valence-electron chi connectivity index (χ3n) is 2.97. The molecule has 2 aromatic rings. The van der Waals surface area contributed by atoms with Gasteiger partial charge in [-0.15, -0.1) is 0 Å². The van der Waals surface area contributed by atoms with Crippen molar-refractivity contribution in [2.45, 2.75) is 0 Å². The first-order valence-corrected chi connectivity index (χ1v) is 7.88. The van der Waals surface area contributed by atoms with Gasteiger partial charge in [0.15, 0.2) is 11.5 Å². The van der Waals surface area contributed by atoms with E-state index in [1.165, 1.54) is 0 Å². The van der Waals surface area contributed by atoms with Gasteiger partial charge in [0.25, 0.3) is 5.91 Å². The highest BCUT2D eigenvalue weighted by molar-refractivity contribution is 9.11. The summed E-state index contributed by atoms with van der Waals surface area (Å²) in [6.07, 6.45) is 0. The van der Waals surface area contributed by atoms with Crippen molar-refractivity contribution in [1.82, 2.24) is 0 Å². The Balaban J connectivity index is 1.83. The summed E-state index contributed by atoms with van der Waals surface area (Å²) in [5.41, 5.74) is 1.22. The monoisotopic (exact) mass is 411 g/mol. The van der Waals surface area contributed by atoms with Crippen molar-refractivity contribution in [3.63, 3.8) is 0 Å². The molecule has 1 amide bonds. The van der Waals surface area contributed by atoms with Gasteiger partial charge >= 0.3 is 0 Å². The minimum atomic E-state index is -0.195. The van der Waals surface area contributed by atoms with Crippen molar-refractivity contribution in [3.05, 3.63) is 50.9 Å². The number of halogens is 2. The van der Waals surface area contributed by atoms with Gasteiger partial charge in [-0.25, -0.2) is 0 Å². The van der Waals surface area contributed by atoms with E-state index in [2.05, 4.69) is 37.2 Å². The first kappa shape index (κ1) is 14.4. The average Bonchev–Trinajstić information content (AvgIpc) is 2.49. The number of hydrogen-bond donors (Lipinski definition) is 1. The van der Waals surface area contributed by atoms with Gasteiger partial charge in [-0.05, 0) is 46.3 Å². The predicted octanol–water partition coefficient (Wildman–Crippen LogP) is 4.24. The second-order valence-electron chi connectivity index (χ2n) is 4.44. The van der Waals surface area contributed by atoms with Crippen LogP contribution >= 0.6 is 31.9 Å². The van der Waals surface area contributed by atoms with Gasteiger partial charge in [-0.3, -0.25) is 4.79 Å². The normalized spacial score (nSPS) is 12.9. The summed E-state index contributed by atoms with van der Waals surface area (Å²) in [4.78, 5) is 12.3. The van der Waals surface area contributed by atoms with Crippen molar-refractivity contribution in [2.75, 3.05) is 18.5 Å². The molecule has 6 heteroatoms. The van der Waals surface area contributed by atoms with Crippen LogP contribution < -0.4 is 14.8 Å². The summed E-state index contributed by atoms with van der Waals surface area (Å²) in [7, 11) is 0. The zero-order chi connectivity index (χ0) is 14.8. The summed E-state index contributed by atoms with van der Waals surface area (Å²) in [6, 6.07) is 10.8. The van der Waals surface area contributed by atoms with Crippen LogP contribution in [0, 0.1) is 0 Å². The van der Waals surface area contributed by atoms with E-state index in [0.29, 0.717) is 36.0 Å². The Hall–Kier alpha value is -1.53. The molecular weight excluding hydrogens is 402 g/mol. The molecule has 0 aliphatic carbocycles. The summed E-state index contributed by atoms with van der Waals surface area (Å²) in [5.74, 6) is 1.15. The summed E-state index contributed by atoms with van der Waals surface area (Å²) >= 11 is 6.74. The molecule has 1 heterocycles. The molecule has 1 aliphatic heterocycles. The molecule has 0 atom stereocenters. The highest BCUT2D eigenvalue weighted by Gasteiger charge is 2.15. The molecule has 1 N–H and O–H groups in total. The minimum absolute atomic E-state index is 0.195. The first-order valence-electron chi connectivity index (χ1n) is 6.29. The Kier molecular flexibility index (Phi) is 4.17. The number of amides is 1. The van der Waals surface area contributed by atoms with Gasteiger partial charge < -0.3 is 14.8 Å². The van der Waals surface area contributed by atoms with Crippen molar-refractivity contribution in [2.24, 2.45) is 0 Å². The van der Waals surface area contributed by atoms with E-state index in [4.69, 9.17) is 9.47 Å². The lowest BCUT2D eigenvalue weighted by atomic mass is 10.2. The number of rotatable bonds is 2. The van der Waals surface area contributed by atoms with Gasteiger partial charge in [0, 0.05) is 20.7 Å². The molecule has 0 bridgehead atoms. The van der Waals surface area contributed by atoms with Crippen LogP contribution in [0.2, 0.25) is 0 Å². The van der Waals surface area contributed by atoms with E-state index >= 15 is 0 Å². The lowest BCUT2D eigenvalue weighted by Crippen LogP contribution is -2.16. The molecule has 2 aromatic carbocycles. The molecule has 21 heavy (non-hydrogen) atoms. The number of carbonyl (C=O) groups is 1. The van der Waals surface area contributed by atoms with Crippen molar-refractivity contribution in [3.8, 4) is 11.5 Å². The van der Waals surface area contributed by atoms with Crippen LogP contribution in [0.1, 0.15) is 10.4 Å². The van der Waals surface area contributed by atoms with Crippen LogP contribution in [0.25, 0.3) is 0 Å². The van der Waals surface area contributed by atoms with Gasteiger partial charge in [-0.1, -0.05) is 15.9 Å².